The number of carbonyl (C=O) groups is 3. The van der Waals surface area contributed by atoms with E-state index in [9.17, 15) is 14.4 Å². The number of amides is 3. The van der Waals surface area contributed by atoms with Crippen molar-refractivity contribution in [2.75, 3.05) is 24.6 Å². The molecule has 1 rings (SSSR count). The highest BCUT2D eigenvalue weighted by molar-refractivity contribution is 8.00. The number of rotatable bonds is 13. The lowest BCUT2D eigenvalue weighted by Crippen LogP contribution is -2.30. The van der Waals surface area contributed by atoms with E-state index in [1.54, 1.807) is 41.7 Å². The molecule has 0 aliphatic carbocycles. The lowest BCUT2D eigenvalue weighted by molar-refractivity contribution is -0.124. The minimum Gasteiger partial charge on any atom is -0.352 e. The maximum Gasteiger partial charge on any atom is 0.251 e. The van der Waals surface area contributed by atoms with Crippen molar-refractivity contribution in [2.45, 2.75) is 58.6 Å². The summed E-state index contributed by atoms with van der Waals surface area (Å²) in [6, 6.07) is 5.08. The topological polar surface area (TPSA) is 87.3 Å². The zero-order valence-electron chi connectivity index (χ0n) is 19.5. The molecule has 0 aliphatic rings. The zero-order chi connectivity index (χ0) is 23.4. The molecule has 1 aromatic rings. The van der Waals surface area contributed by atoms with Crippen LogP contribution in [0.2, 0.25) is 0 Å². The quantitative estimate of drug-likeness (QED) is 0.385. The third-order valence-electron chi connectivity index (χ3n) is 4.19. The number of nitrogens with one attached hydrogen (secondary N) is 3. The number of hydrogen-bond acceptors (Lipinski definition) is 5. The highest BCUT2D eigenvalue weighted by atomic mass is 32.2. The van der Waals surface area contributed by atoms with Crippen LogP contribution in [-0.2, 0) is 11.3 Å². The fourth-order valence-corrected chi connectivity index (χ4v) is 3.95. The second kappa shape index (κ2) is 14.4. The summed E-state index contributed by atoms with van der Waals surface area (Å²) in [5, 5.41) is 9.69. The molecule has 0 spiro atoms. The van der Waals surface area contributed by atoms with E-state index in [1.165, 1.54) is 0 Å². The second-order valence-electron chi connectivity index (χ2n) is 8.14. The van der Waals surface area contributed by atoms with Gasteiger partial charge in [0.05, 0.1) is 0 Å². The molecule has 0 bridgehead atoms. The van der Waals surface area contributed by atoms with Gasteiger partial charge in [-0.15, -0.1) is 0 Å². The number of thioether (sulfide) groups is 2. The molecule has 6 nitrogen and oxygen atoms in total. The molecule has 0 atom stereocenters. The van der Waals surface area contributed by atoms with Crippen molar-refractivity contribution in [3.05, 3.63) is 34.9 Å². The largest absolute Gasteiger partial charge is 0.352 e. The molecule has 0 heterocycles. The van der Waals surface area contributed by atoms with E-state index in [1.807, 2.05) is 13.8 Å². The first-order valence-electron chi connectivity index (χ1n) is 10.8. The van der Waals surface area contributed by atoms with Crippen molar-refractivity contribution < 1.29 is 14.4 Å². The first-order chi connectivity index (χ1) is 14.6. The third kappa shape index (κ3) is 11.5. The fraction of sp³-hybridized carbons (Fsp3) is 0.609. The van der Waals surface area contributed by atoms with Crippen LogP contribution >= 0.6 is 23.5 Å². The first kappa shape index (κ1) is 27.4. The summed E-state index contributed by atoms with van der Waals surface area (Å²) >= 11 is 3.56. The minimum absolute atomic E-state index is 0.0720. The summed E-state index contributed by atoms with van der Waals surface area (Å²) in [6.45, 7) is 13.5. The Morgan fingerprint density at radius 1 is 0.742 bits per heavy atom. The van der Waals surface area contributed by atoms with E-state index in [0.29, 0.717) is 34.7 Å². The third-order valence-corrected chi connectivity index (χ3v) is 6.40. The zero-order valence-corrected chi connectivity index (χ0v) is 21.2. The summed E-state index contributed by atoms with van der Waals surface area (Å²) in [5.41, 5.74) is 1.57. The minimum atomic E-state index is -0.217. The van der Waals surface area contributed by atoms with Crippen molar-refractivity contribution in [1.29, 1.82) is 0 Å². The maximum atomic E-state index is 12.7. The Kier molecular flexibility index (Phi) is 12.7. The van der Waals surface area contributed by atoms with Crippen molar-refractivity contribution in [2.24, 2.45) is 5.92 Å². The molecule has 0 unspecified atom stereocenters. The molecule has 174 valence electrons. The number of carbonyl (C=O) groups excluding carboxylic acids is 3. The molecule has 8 heteroatoms. The van der Waals surface area contributed by atoms with Gasteiger partial charge in [0.15, 0.2) is 0 Å². The Morgan fingerprint density at radius 3 is 1.58 bits per heavy atom. The van der Waals surface area contributed by atoms with Crippen LogP contribution in [-0.4, -0.2) is 52.8 Å². The molecular weight excluding hydrogens is 430 g/mol. The van der Waals surface area contributed by atoms with Gasteiger partial charge in [-0.25, -0.2) is 0 Å². The van der Waals surface area contributed by atoms with Gasteiger partial charge in [0.1, 0.15) is 0 Å². The summed E-state index contributed by atoms with van der Waals surface area (Å²) in [6.07, 6.45) is 0. The molecule has 0 saturated carbocycles. The van der Waals surface area contributed by atoms with E-state index in [2.05, 4.69) is 43.6 Å². The standard InChI is InChI=1S/C23H37N3O3S2/c1-15(2)21(27)26-14-18-11-19(22(28)24-7-9-30-16(3)4)13-20(12-18)23(29)25-8-10-31-17(5)6/h11-13,15-17H,7-10,14H2,1-6H3,(H,24,28)(H,25,29)(H,26,27). The SMILES string of the molecule is CC(C)SCCNC(=O)c1cc(CNC(=O)C(C)C)cc(C(=O)NCCSC(C)C)c1. The monoisotopic (exact) mass is 467 g/mol. The summed E-state index contributed by atoms with van der Waals surface area (Å²) in [7, 11) is 0. The highest BCUT2D eigenvalue weighted by Crippen LogP contribution is 2.13. The molecule has 1 aromatic carbocycles. The average Bonchev–Trinajstić information content (AvgIpc) is 2.71. The van der Waals surface area contributed by atoms with Gasteiger partial charge in [0.25, 0.3) is 11.8 Å². The van der Waals surface area contributed by atoms with Gasteiger partial charge < -0.3 is 16.0 Å². The molecule has 0 fully saturated rings. The Balaban J connectivity index is 2.89. The predicted octanol–water partition coefficient (Wildman–Crippen LogP) is 3.70. The van der Waals surface area contributed by atoms with E-state index in [0.717, 1.165) is 17.1 Å². The van der Waals surface area contributed by atoms with Crippen molar-refractivity contribution >= 4 is 41.2 Å². The smallest absolute Gasteiger partial charge is 0.251 e. The summed E-state index contributed by atoms with van der Waals surface area (Å²) < 4.78 is 0. The van der Waals surface area contributed by atoms with Gasteiger partial charge in [-0.05, 0) is 34.3 Å². The lowest BCUT2D eigenvalue weighted by atomic mass is 10.0. The van der Waals surface area contributed by atoms with Gasteiger partial charge in [0.2, 0.25) is 5.91 Å². The highest BCUT2D eigenvalue weighted by Gasteiger charge is 2.14. The van der Waals surface area contributed by atoms with Crippen LogP contribution in [0.3, 0.4) is 0 Å². The van der Waals surface area contributed by atoms with Crippen molar-refractivity contribution in [3.63, 3.8) is 0 Å². The van der Waals surface area contributed by atoms with Gasteiger partial charge in [-0.3, -0.25) is 14.4 Å². The number of benzene rings is 1. The van der Waals surface area contributed by atoms with Crippen LogP contribution in [0.25, 0.3) is 0 Å². The first-order valence-corrected chi connectivity index (χ1v) is 12.9. The van der Waals surface area contributed by atoms with Crippen LogP contribution in [0.15, 0.2) is 18.2 Å². The van der Waals surface area contributed by atoms with Crippen LogP contribution in [0, 0.1) is 5.92 Å². The van der Waals surface area contributed by atoms with E-state index < -0.39 is 0 Å². The van der Waals surface area contributed by atoms with Gasteiger partial charge in [-0.2, -0.15) is 23.5 Å². The van der Waals surface area contributed by atoms with Gasteiger partial charge in [0, 0.05) is 48.2 Å². The fourth-order valence-electron chi connectivity index (χ4n) is 2.57. The van der Waals surface area contributed by atoms with E-state index >= 15 is 0 Å². The van der Waals surface area contributed by atoms with Crippen LogP contribution < -0.4 is 16.0 Å². The molecule has 0 saturated heterocycles. The summed E-state index contributed by atoms with van der Waals surface area (Å²) in [4.78, 5) is 37.2. The molecule has 3 amide bonds. The van der Waals surface area contributed by atoms with Crippen LogP contribution in [0.1, 0.15) is 67.8 Å². The van der Waals surface area contributed by atoms with Crippen molar-refractivity contribution in [1.82, 2.24) is 16.0 Å². The Hall–Kier alpha value is -1.67. The molecule has 0 aromatic heterocycles. The van der Waals surface area contributed by atoms with E-state index in [4.69, 9.17) is 0 Å². The van der Waals surface area contributed by atoms with Crippen LogP contribution in [0.4, 0.5) is 0 Å². The van der Waals surface area contributed by atoms with E-state index in [-0.39, 0.29) is 30.2 Å². The van der Waals surface area contributed by atoms with Crippen molar-refractivity contribution in [3.8, 4) is 0 Å². The molecule has 0 aliphatic heterocycles. The van der Waals surface area contributed by atoms with Crippen LogP contribution in [0.5, 0.6) is 0 Å². The van der Waals surface area contributed by atoms with Gasteiger partial charge >= 0.3 is 0 Å². The molecular formula is C23H37N3O3S2. The normalized spacial score (nSPS) is 11.1. The maximum absolute atomic E-state index is 12.7. The lowest BCUT2D eigenvalue weighted by Gasteiger charge is -2.13. The Morgan fingerprint density at radius 2 is 1.19 bits per heavy atom. The Labute approximate surface area is 195 Å². The van der Waals surface area contributed by atoms with Gasteiger partial charge in [-0.1, -0.05) is 41.5 Å². The summed E-state index contributed by atoms with van der Waals surface area (Å²) in [5.74, 6) is 1.02. The number of hydrogen-bond donors (Lipinski definition) is 3. The molecule has 0 radical (unpaired) electrons. The molecule has 3 N–H and O–H groups in total. The predicted molar refractivity (Wildman–Crippen MR) is 133 cm³/mol. The Bertz CT molecular complexity index is 691. The average molecular weight is 468 g/mol. The second-order valence-corrected chi connectivity index (χ2v) is 11.5. The molecule has 31 heavy (non-hydrogen) atoms.